The van der Waals surface area contributed by atoms with Crippen molar-refractivity contribution in [3.63, 3.8) is 0 Å². The highest BCUT2D eigenvalue weighted by molar-refractivity contribution is 6.32. The molecule has 1 saturated carbocycles. The molecule has 70 valence electrons. The van der Waals surface area contributed by atoms with Crippen LogP contribution in [0.15, 0.2) is 12.5 Å². The molecule has 1 aromatic heterocycles. The average Bonchev–Trinajstić information content (AvgIpc) is 2.90. The molecule has 0 atom stereocenters. The maximum atomic E-state index is 5.88. The van der Waals surface area contributed by atoms with Crippen molar-refractivity contribution in [3.8, 4) is 0 Å². The normalized spacial score (nSPS) is 18.3. The lowest BCUT2D eigenvalue weighted by molar-refractivity contribution is 0.827. The second kappa shape index (κ2) is 3.31. The third kappa shape index (κ3) is 1.86. The summed E-state index contributed by atoms with van der Waals surface area (Å²) < 4.78 is 0. The summed E-state index contributed by atoms with van der Waals surface area (Å²) in [7, 11) is 0. The second-order valence-corrected chi connectivity index (χ2v) is 3.93. The van der Waals surface area contributed by atoms with Crippen LogP contribution in [0.3, 0.4) is 0 Å². The molecule has 0 aromatic carbocycles. The van der Waals surface area contributed by atoms with Crippen molar-refractivity contribution in [2.24, 2.45) is 0 Å². The first-order chi connectivity index (χ1) is 6.26. The van der Waals surface area contributed by atoms with Crippen LogP contribution >= 0.6 is 23.2 Å². The third-order valence-electron chi connectivity index (χ3n) is 2.16. The highest BCUT2D eigenvalue weighted by Crippen LogP contribution is 2.40. The van der Waals surface area contributed by atoms with Gasteiger partial charge in [-0.05, 0) is 12.8 Å². The van der Waals surface area contributed by atoms with Gasteiger partial charge in [0.1, 0.15) is 17.2 Å². The van der Waals surface area contributed by atoms with E-state index in [-0.39, 0.29) is 5.54 Å². The van der Waals surface area contributed by atoms with Gasteiger partial charge in [0.15, 0.2) is 0 Å². The van der Waals surface area contributed by atoms with E-state index < -0.39 is 0 Å². The van der Waals surface area contributed by atoms with Crippen LogP contribution in [-0.2, 0) is 0 Å². The summed E-state index contributed by atoms with van der Waals surface area (Å²) in [5, 5.41) is 3.77. The average molecular weight is 218 g/mol. The molecular weight excluding hydrogens is 209 g/mol. The molecule has 0 unspecified atom stereocenters. The summed E-state index contributed by atoms with van der Waals surface area (Å²) in [5.41, 5.74) is 0.0273. The number of alkyl halides is 1. The largest absolute Gasteiger partial charge is 0.362 e. The first-order valence-electron chi connectivity index (χ1n) is 4.05. The van der Waals surface area contributed by atoms with Crippen LogP contribution in [0.4, 0.5) is 5.82 Å². The van der Waals surface area contributed by atoms with E-state index in [2.05, 4.69) is 15.3 Å². The smallest absolute Gasteiger partial charge is 0.148 e. The minimum absolute atomic E-state index is 0.0273. The molecule has 13 heavy (non-hydrogen) atoms. The summed E-state index contributed by atoms with van der Waals surface area (Å²) in [4.78, 5) is 7.84. The summed E-state index contributed by atoms with van der Waals surface area (Å²) in [6.45, 7) is 0. The van der Waals surface area contributed by atoms with Gasteiger partial charge >= 0.3 is 0 Å². The molecule has 1 aromatic rings. The topological polar surface area (TPSA) is 37.8 Å². The van der Waals surface area contributed by atoms with Gasteiger partial charge in [-0.25, -0.2) is 9.97 Å². The second-order valence-electron chi connectivity index (χ2n) is 3.26. The fourth-order valence-electron chi connectivity index (χ4n) is 1.10. The Balaban J connectivity index is 2.14. The van der Waals surface area contributed by atoms with Gasteiger partial charge in [0.2, 0.25) is 0 Å². The molecule has 0 amide bonds. The lowest BCUT2D eigenvalue weighted by Gasteiger charge is -2.14. The summed E-state index contributed by atoms with van der Waals surface area (Å²) >= 11 is 11.7. The van der Waals surface area contributed by atoms with Gasteiger partial charge < -0.3 is 5.32 Å². The minimum atomic E-state index is 0.0273. The standard InChI is InChI=1S/C8H9Cl2N3/c9-4-8(1-2-8)13-7-6(10)3-11-5-12-7/h3,5H,1-2,4H2,(H,11,12,13). The zero-order chi connectivity index (χ0) is 9.31. The Kier molecular flexibility index (Phi) is 2.30. The summed E-state index contributed by atoms with van der Waals surface area (Å²) in [6, 6.07) is 0. The van der Waals surface area contributed by atoms with Crippen LogP contribution in [0.2, 0.25) is 5.02 Å². The Bertz CT molecular complexity index is 312. The van der Waals surface area contributed by atoms with Crippen molar-refractivity contribution in [1.29, 1.82) is 0 Å². The number of anilines is 1. The zero-order valence-corrected chi connectivity index (χ0v) is 8.44. The quantitative estimate of drug-likeness (QED) is 0.791. The van der Waals surface area contributed by atoms with E-state index in [0.29, 0.717) is 16.7 Å². The molecule has 2 rings (SSSR count). The number of aromatic nitrogens is 2. The zero-order valence-electron chi connectivity index (χ0n) is 6.93. The monoisotopic (exact) mass is 217 g/mol. The Morgan fingerprint density at radius 2 is 2.31 bits per heavy atom. The SMILES string of the molecule is ClCC1(Nc2ncncc2Cl)CC1. The van der Waals surface area contributed by atoms with E-state index >= 15 is 0 Å². The van der Waals surface area contributed by atoms with Crippen LogP contribution < -0.4 is 5.32 Å². The van der Waals surface area contributed by atoms with E-state index in [1.54, 1.807) is 6.20 Å². The van der Waals surface area contributed by atoms with Gasteiger partial charge in [0, 0.05) is 5.88 Å². The predicted octanol–water partition coefficient (Wildman–Crippen LogP) is 2.31. The maximum absolute atomic E-state index is 5.88. The Hall–Kier alpha value is -0.540. The van der Waals surface area contributed by atoms with Crippen LogP contribution in [0, 0.1) is 0 Å². The number of hydrogen-bond acceptors (Lipinski definition) is 3. The number of nitrogens with zero attached hydrogens (tertiary/aromatic N) is 2. The van der Waals surface area contributed by atoms with Crippen molar-refractivity contribution >= 4 is 29.0 Å². The first kappa shape index (κ1) is 9.03. The lowest BCUT2D eigenvalue weighted by atomic mass is 10.3. The maximum Gasteiger partial charge on any atom is 0.148 e. The first-order valence-corrected chi connectivity index (χ1v) is 4.97. The summed E-state index contributed by atoms with van der Waals surface area (Å²) in [6.07, 6.45) is 5.20. The highest BCUT2D eigenvalue weighted by Gasteiger charge is 2.42. The third-order valence-corrected chi connectivity index (χ3v) is 2.95. The molecule has 5 heteroatoms. The van der Waals surface area contributed by atoms with Gasteiger partial charge in [0.25, 0.3) is 0 Å². The Labute approximate surface area is 86.5 Å². The minimum Gasteiger partial charge on any atom is -0.362 e. The molecule has 0 bridgehead atoms. The fourth-order valence-corrected chi connectivity index (χ4v) is 1.59. The van der Waals surface area contributed by atoms with E-state index in [1.165, 1.54) is 6.33 Å². The molecule has 1 heterocycles. The van der Waals surface area contributed by atoms with Crippen LogP contribution in [0.5, 0.6) is 0 Å². The van der Waals surface area contributed by atoms with Crippen molar-refractivity contribution in [2.45, 2.75) is 18.4 Å². The molecule has 1 aliphatic carbocycles. The van der Waals surface area contributed by atoms with Gasteiger partial charge in [-0.15, -0.1) is 11.6 Å². The molecular formula is C8H9Cl2N3. The molecule has 1 N–H and O–H groups in total. The molecule has 0 spiro atoms. The van der Waals surface area contributed by atoms with Gasteiger partial charge in [-0.2, -0.15) is 0 Å². The molecule has 0 aliphatic heterocycles. The fraction of sp³-hybridized carbons (Fsp3) is 0.500. The van der Waals surface area contributed by atoms with Gasteiger partial charge in [-0.1, -0.05) is 11.6 Å². The molecule has 0 saturated heterocycles. The van der Waals surface area contributed by atoms with Crippen LogP contribution in [-0.4, -0.2) is 21.4 Å². The number of hydrogen-bond donors (Lipinski definition) is 1. The number of rotatable bonds is 3. The van der Waals surface area contributed by atoms with Crippen molar-refractivity contribution in [3.05, 3.63) is 17.5 Å². The predicted molar refractivity (Wildman–Crippen MR) is 53.3 cm³/mol. The number of nitrogens with one attached hydrogen (secondary N) is 1. The summed E-state index contributed by atoms with van der Waals surface area (Å²) in [5.74, 6) is 1.27. The number of halogens is 2. The van der Waals surface area contributed by atoms with Gasteiger partial charge in [0.05, 0.1) is 11.7 Å². The van der Waals surface area contributed by atoms with Crippen LogP contribution in [0.25, 0.3) is 0 Å². The van der Waals surface area contributed by atoms with Gasteiger partial charge in [-0.3, -0.25) is 0 Å². The highest BCUT2D eigenvalue weighted by atomic mass is 35.5. The molecule has 0 radical (unpaired) electrons. The van der Waals surface area contributed by atoms with Crippen LogP contribution in [0.1, 0.15) is 12.8 Å². The van der Waals surface area contributed by atoms with Crippen molar-refractivity contribution in [2.75, 3.05) is 11.2 Å². The molecule has 1 aliphatic rings. The van der Waals surface area contributed by atoms with E-state index in [9.17, 15) is 0 Å². The molecule has 1 fully saturated rings. The van der Waals surface area contributed by atoms with Crippen molar-refractivity contribution < 1.29 is 0 Å². The van der Waals surface area contributed by atoms with E-state index in [4.69, 9.17) is 23.2 Å². The van der Waals surface area contributed by atoms with E-state index in [1.807, 2.05) is 0 Å². The Morgan fingerprint density at radius 1 is 1.54 bits per heavy atom. The molecule has 3 nitrogen and oxygen atoms in total. The lowest BCUT2D eigenvalue weighted by Crippen LogP contribution is -2.23. The van der Waals surface area contributed by atoms with Crippen molar-refractivity contribution in [1.82, 2.24) is 9.97 Å². The van der Waals surface area contributed by atoms with E-state index in [0.717, 1.165) is 12.8 Å². The Morgan fingerprint density at radius 3 is 2.85 bits per heavy atom.